The molecule has 0 spiro atoms. The Balaban J connectivity index is 0.00000216. The van der Waals surface area contributed by atoms with Crippen molar-refractivity contribution in [1.29, 1.82) is 0 Å². The topological polar surface area (TPSA) is 58.3 Å². The lowest BCUT2D eigenvalue weighted by atomic mass is 10.1. The highest BCUT2D eigenvalue weighted by Crippen LogP contribution is 2.30. The van der Waals surface area contributed by atoms with Gasteiger partial charge in [0.05, 0.1) is 6.54 Å². The lowest BCUT2D eigenvalue weighted by Crippen LogP contribution is -2.36. The van der Waals surface area contributed by atoms with Crippen LogP contribution < -0.4 is 4.90 Å². The Morgan fingerprint density at radius 3 is 2.33 bits per heavy atom. The van der Waals surface area contributed by atoms with Crippen molar-refractivity contribution in [1.82, 2.24) is 20.1 Å². The minimum absolute atomic E-state index is 0.160. The third kappa shape index (κ3) is 7.65. The Morgan fingerprint density at radius 2 is 1.75 bits per heavy atom. The summed E-state index contributed by atoms with van der Waals surface area (Å²) in [4.78, 5) is 8.31. The first-order valence-corrected chi connectivity index (χ1v) is 14.4. The summed E-state index contributed by atoms with van der Waals surface area (Å²) in [6.45, 7) is 12.2. The molecular formula is C30H34F3N5OS. The first-order chi connectivity index (χ1) is 19.4. The number of rotatable bonds is 12. The molecule has 0 aliphatic carbocycles. The van der Waals surface area contributed by atoms with Crippen LogP contribution in [0.4, 0.5) is 18.9 Å². The maximum Gasteiger partial charge on any atom is 0.314 e. The summed E-state index contributed by atoms with van der Waals surface area (Å²) in [6.07, 6.45) is 2.69. The van der Waals surface area contributed by atoms with Crippen molar-refractivity contribution in [2.45, 2.75) is 33.7 Å². The molecule has 212 valence electrons. The number of hydrogen-bond acceptors (Lipinski definition) is 7. The predicted molar refractivity (Wildman–Crippen MR) is 157 cm³/mol. The Labute approximate surface area is 237 Å². The summed E-state index contributed by atoms with van der Waals surface area (Å²) < 4.78 is 45.9. The largest absolute Gasteiger partial charge is 0.415 e. The fourth-order valence-electron chi connectivity index (χ4n) is 3.96. The van der Waals surface area contributed by atoms with Gasteiger partial charge >= 0.3 is 6.43 Å². The fourth-order valence-corrected chi connectivity index (χ4v) is 4.36. The minimum atomic E-state index is -2.89. The summed E-state index contributed by atoms with van der Waals surface area (Å²) in [5, 5.41) is 6.93. The number of alkyl halides is 2. The summed E-state index contributed by atoms with van der Waals surface area (Å²) in [5.74, 6) is 0.196. The van der Waals surface area contributed by atoms with E-state index in [2.05, 4.69) is 39.8 Å². The smallest absolute Gasteiger partial charge is 0.314 e. The number of benzene rings is 2. The third-order valence-electron chi connectivity index (χ3n) is 6.05. The Hall–Kier alpha value is -3.79. The molecule has 0 radical (unpaired) electrons. The van der Waals surface area contributed by atoms with Crippen LogP contribution in [0.1, 0.15) is 38.7 Å². The first kappa shape index (κ1) is 30.7. The molecule has 2 aromatic carbocycles. The van der Waals surface area contributed by atoms with E-state index in [4.69, 9.17) is 4.42 Å². The monoisotopic (exact) mass is 569 g/mol. The van der Waals surface area contributed by atoms with Gasteiger partial charge < -0.3 is 14.2 Å². The molecule has 0 atom stereocenters. The van der Waals surface area contributed by atoms with Crippen molar-refractivity contribution >= 4 is 17.4 Å². The van der Waals surface area contributed by atoms with Crippen molar-refractivity contribution in [3.8, 4) is 22.6 Å². The fraction of sp³-hybridized carbons (Fsp3) is 0.300. The Morgan fingerprint density at radius 1 is 1.02 bits per heavy atom. The van der Waals surface area contributed by atoms with E-state index < -0.39 is 18.1 Å². The maximum absolute atomic E-state index is 15.3. The van der Waals surface area contributed by atoms with Crippen LogP contribution in [0.2, 0.25) is 0 Å². The molecule has 0 amide bonds. The van der Waals surface area contributed by atoms with Crippen molar-refractivity contribution in [3.05, 3.63) is 96.7 Å². The molecule has 2 aromatic heterocycles. The molecular weight excluding hydrogens is 535 g/mol. The molecule has 0 aliphatic heterocycles. The van der Waals surface area contributed by atoms with Gasteiger partial charge in [0.25, 0.3) is 5.89 Å². The van der Waals surface area contributed by atoms with Gasteiger partial charge in [-0.2, -0.15) is 20.5 Å². The standard InChI is InChI=1S/C28H28F3N5OS.C2H6/c1-4-35(14-15-38-3)19(2)36(24-11-9-20(10-12-24)22-6-5-13-32-17-22)18-23-8-7-21(16-25(23)29)27-33-34-28(37-27)26(30)31;1-2/h5-13,16-17,26H,2,4,14-15,18H2,1,3H3;1-2H3. The number of nitrogens with zero attached hydrogens (tertiary/aromatic N) is 5. The van der Waals surface area contributed by atoms with Gasteiger partial charge in [-0.15, -0.1) is 10.2 Å². The van der Waals surface area contributed by atoms with Crippen LogP contribution in [0.3, 0.4) is 0 Å². The zero-order valence-corrected chi connectivity index (χ0v) is 24.0. The van der Waals surface area contributed by atoms with Crippen LogP contribution in [0.25, 0.3) is 22.6 Å². The maximum atomic E-state index is 15.3. The summed E-state index contributed by atoms with van der Waals surface area (Å²) in [7, 11) is 0. The molecule has 0 saturated carbocycles. The van der Waals surface area contributed by atoms with Gasteiger partial charge in [0.2, 0.25) is 5.89 Å². The van der Waals surface area contributed by atoms with E-state index in [1.54, 1.807) is 36.3 Å². The van der Waals surface area contributed by atoms with Crippen LogP contribution in [-0.4, -0.2) is 45.2 Å². The Kier molecular flexibility index (Phi) is 11.6. The van der Waals surface area contributed by atoms with Crippen LogP contribution >= 0.6 is 11.8 Å². The first-order valence-electron chi connectivity index (χ1n) is 13.0. The van der Waals surface area contributed by atoms with Gasteiger partial charge in [0, 0.05) is 48.1 Å². The highest BCUT2D eigenvalue weighted by molar-refractivity contribution is 7.98. The molecule has 4 aromatic rings. The normalized spacial score (nSPS) is 10.7. The zero-order chi connectivity index (χ0) is 29.1. The third-order valence-corrected chi connectivity index (χ3v) is 6.64. The number of halogens is 3. The summed E-state index contributed by atoms with van der Waals surface area (Å²) in [5.41, 5.74) is 3.50. The van der Waals surface area contributed by atoms with Crippen LogP contribution in [-0.2, 0) is 6.54 Å². The lowest BCUT2D eigenvalue weighted by Gasteiger charge is -2.35. The molecule has 0 N–H and O–H groups in total. The van der Waals surface area contributed by atoms with Gasteiger partial charge in [0.1, 0.15) is 11.6 Å². The quantitative estimate of drug-likeness (QED) is 0.171. The molecule has 40 heavy (non-hydrogen) atoms. The van der Waals surface area contributed by atoms with Gasteiger partial charge in [-0.1, -0.05) is 44.7 Å². The molecule has 0 bridgehead atoms. The SMILES string of the molecule is C=C(N(CC)CCSC)N(Cc1ccc(-c2nnc(C(F)F)o2)cc1F)c1ccc(-c2cccnc2)cc1.CC. The number of hydrogen-bond donors (Lipinski definition) is 0. The van der Waals surface area contributed by atoms with Crippen molar-refractivity contribution in [2.24, 2.45) is 0 Å². The van der Waals surface area contributed by atoms with Crippen LogP contribution in [0, 0.1) is 5.82 Å². The molecule has 2 heterocycles. The van der Waals surface area contributed by atoms with E-state index in [1.807, 2.05) is 55.1 Å². The molecule has 4 rings (SSSR count). The number of thioether (sulfide) groups is 1. The Bertz CT molecular complexity index is 1350. The lowest BCUT2D eigenvalue weighted by molar-refractivity contribution is 0.116. The molecule has 10 heteroatoms. The molecule has 0 unspecified atom stereocenters. The number of aromatic nitrogens is 3. The van der Waals surface area contributed by atoms with E-state index in [1.165, 1.54) is 6.07 Å². The second-order valence-electron chi connectivity index (χ2n) is 8.42. The number of anilines is 1. The predicted octanol–water partition coefficient (Wildman–Crippen LogP) is 8.06. The molecule has 6 nitrogen and oxygen atoms in total. The zero-order valence-electron chi connectivity index (χ0n) is 23.2. The van der Waals surface area contributed by atoms with Gasteiger partial charge in [0.15, 0.2) is 0 Å². The second kappa shape index (κ2) is 15.1. The van der Waals surface area contributed by atoms with E-state index >= 15 is 4.39 Å². The van der Waals surface area contributed by atoms with Crippen LogP contribution in [0.5, 0.6) is 0 Å². The minimum Gasteiger partial charge on any atom is -0.415 e. The average Bonchev–Trinajstić information content (AvgIpc) is 3.49. The summed E-state index contributed by atoms with van der Waals surface area (Å²) in [6, 6.07) is 16.2. The molecule has 0 fully saturated rings. The van der Waals surface area contributed by atoms with Gasteiger partial charge in [-0.05, 0) is 54.6 Å². The van der Waals surface area contributed by atoms with Crippen molar-refractivity contribution in [2.75, 3.05) is 30.0 Å². The van der Waals surface area contributed by atoms with Gasteiger partial charge in [-0.3, -0.25) is 4.98 Å². The van der Waals surface area contributed by atoms with E-state index in [9.17, 15) is 8.78 Å². The van der Waals surface area contributed by atoms with E-state index in [0.29, 0.717) is 5.56 Å². The van der Waals surface area contributed by atoms with E-state index in [0.717, 1.165) is 41.5 Å². The number of pyridine rings is 1. The summed E-state index contributed by atoms with van der Waals surface area (Å²) >= 11 is 1.75. The highest BCUT2D eigenvalue weighted by atomic mass is 32.2. The van der Waals surface area contributed by atoms with Crippen molar-refractivity contribution < 1.29 is 17.6 Å². The van der Waals surface area contributed by atoms with Crippen LogP contribution in [0.15, 0.2) is 83.8 Å². The highest BCUT2D eigenvalue weighted by Gasteiger charge is 2.21. The second-order valence-corrected chi connectivity index (χ2v) is 9.40. The molecule has 0 saturated heterocycles. The average molecular weight is 570 g/mol. The molecule has 0 aliphatic rings. The van der Waals surface area contributed by atoms with Gasteiger partial charge in [-0.25, -0.2) is 4.39 Å². The van der Waals surface area contributed by atoms with E-state index in [-0.39, 0.29) is 18.0 Å². The van der Waals surface area contributed by atoms with Crippen molar-refractivity contribution in [3.63, 3.8) is 0 Å².